The van der Waals surface area contributed by atoms with E-state index in [0.29, 0.717) is 0 Å². The number of fused-ring (bicyclic) bond motifs is 1. The summed E-state index contributed by atoms with van der Waals surface area (Å²) < 4.78 is 2.36. The molecule has 4 rings (SSSR count). The van der Waals surface area contributed by atoms with Gasteiger partial charge in [-0.25, -0.2) is 0 Å². The molecule has 1 aromatic heterocycles. The van der Waals surface area contributed by atoms with Gasteiger partial charge in [0.2, 0.25) is 0 Å². The molecule has 2 fully saturated rings. The Labute approximate surface area is 186 Å². The number of nitrogens with one attached hydrogen (secondary N) is 1. The monoisotopic (exact) mass is 501 g/mol. The van der Waals surface area contributed by atoms with Crippen LogP contribution in [0.15, 0.2) is 4.99 Å². The third-order valence-corrected chi connectivity index (χ3v) is 6.38. The zero-order chi connectivity index (χ0) is 18.5. The maximum Gasteiger partial charge on any atom is 0.193 e. The van der Waals surface area contributed by atoms with Gasteiger partial charge in [0.25, 0.3) is 0 Å². The fourth-order valence-electron chi connectivity index (χ4n) is 4.85. The number of halogens is 1. The van der Waals surface area contributed by atoms with Crippen molar-refractivity contribution in [2.24, 2.45) is 4.99 Å². The molecule has 0 aliphatic carbocycles. The fraction of sp³-hybridized carbons (Fsp3) is 0.850. The number of aromatic nitrogens is 3. The van der Waals surface area contributed by atoms with E-state index in [2.05, 4.69) is 34.9 Å². The molecule has 1 unspecified atom stereocenters. The highest BCUT2D eigenvalue weighted by atomic mass is 127. The van der Waals surface area contributed by atoms with Gasteiger partial charge in [0.15, 0.2) is 5.96 Å². The van der Waals surface area contributed by atoms with Gasteiger partial charge in [0.05, 0.1) is 0 Å². The third kappa shape index (κ3) is 5.17. The number of rotatable bonds is 5. The third-order valence-electron chi connectivity index (χ3n) is 6.38. The number of hydrogen-bond acceptors (Lipinski definition) is 4. The van der Waals surface area contributed by atoms with E-state index in [0.717, 1.165) is 57.4 Å². The molecule has 3 aliphatic rings. The summed E-state index contributed by atoms with van der Waals surface area (Å²) in [5, 5.41) is 12.4. The first-order chi connectivity index (χ1) is 13.3. The fourth-order valence-corrected chi connectivity index (χ4v) is 4.85. The summed E-state index contributed by atoms with van der Waals surface area (Å²) in [6, 6.07) is 0.720. The van der Waals surface area contributed by atoms with Gasteiger partial charge in [0.1, 0.15) is 11.6 Å². The molecule has 0 aromatic carbocycles. The van der Waals surface area contributed by atoms with E-state index in [9.17, 15) is 0 Å². The van der Waals surface area contributed by atoms with Crippen molar-refractivity contribution in [1.82, 2.24) is 29.9 Å². The quantitative estimate of drug-likeness (QED) is 0.291. The van der Waals surface area contributed by atoms with Gasteiger partial charge < -0.3 is 14.8 Å². The molecule has 0 bridgehead atoms. The number of guanidine groups is 1. The van der Waals surface area contributed by atoms with Crippen molar-refractivity contribution in [3.8, 4) is 0 Å². The molecule has 0 spiro atoms. The molecule has 0 radical (unpaired) electrons. The minimum atomic E-state index is 0. The normalized spacial score (nSPS) is 23.4. The van der Waals surface area contributed by atoms with Crippen LogP contribution >= 0.6 is 24.0 Å². The van der Waals surface area contributed by atoms with Crippen LogP contribution in [0.1, 0.15) is 56.6 Å². The van der Waals surface area contributed by atoms with Crippen molar-refractivity contribution in [1.29, 1.82) is 0 Å². The van der Waals surface area contributed by atoms with E-state index in [1.54, 1.807) is 0 Å². The van der Waals surface area contributed by atoms with Crippen LogP contribution in [0.25, 0.3) is 0 Å². The Bertz CT molecular complexity index is 638. The lowest BCUT2D eigenvalue weighted by molar-refractivity contribution is 0.249. The second-order valence-corrected chi connectivity index (χ2v) is 8.20. The highest BCUT2D eigenvalue weighted by Gasteiger charge is 2.30. The van der Waals surface area contributed by atoms with Crippen molar-refractivity contribution >= 4 is 29.9 Å². The molecule has 1 N–H and O–H groups in total. The van der Waals surface area contributed by atoms with E-state index in [4.69, 9.17) is 0 Å². The lowest BCUT2D eigenvalue weighted by atomic mass is 10.2. The van der Waals surface area contributed by atoms with Gasteiger partial charge >= 0.3 is 0 Å². The molecule has 158 valence electrons. The Hall–Kier alpha value is -0.900. The van der Waals surface area contributed by atoms with E-state index in [1.165, 1.54) is 63.3 Å². The van der Waals surface area contributed by atoms with Crippen LogP contribution < -0.4 is 5.32 Å². The first kappa shape index (κ1) is 21.8. The van der Waals surface area contributed by atoms with E-state index < -0.39 is 0 Å². The number of hydrogen-bond donors (Lipinski definition) is 1. The van der Waals surface area contributed by atoms with Crippen LogP contribution in [0.3, 0.4) is 0 Å². The maximum atomic E-state index is 4.53. The van der Waals surface area contributed by atoms with Gasteiger partial charge in [-0.1, -0.05) is 6.42 Å². The minimum Gasteiger partial charge on any atom is -0.356 e. The lowest BCUT2D eigenvalue weighted by Crippen LogP contribution is -2.43. The van der Waals surface area contributed by atoms with Crippen molar-refractivity contribution in [2.45, 2.75) is 70.4 Å². The highest BCUT2D eigenvalue weighted by Crippen LogP contribution is 2.20. The molecule has 0 amide bonds. The smallest absolute Gasteiger partial charge is 0.193 e. The Morgan fingerprint density at radius 3 is 2.71 bits per heavy atom. The predicted molar refractivity (Wildman–Crippen MR) is 123 cm³/mol. The second-order valence-electron chi connectivity index (χ2n) is 8.20. The Kier molecular flexibility index (Phi) is 8.37. The van der Waals surface area contributed by atoms with Gasteiger partial charge in [-0.05, 0) is 51.6 Å². The van der Waals surface area contributed by atoms with Gasteiger partial charge in [-0.2, -0.15) is 0 Å². The van der Waals surface area contributed by atoms with Crippen molar-refractivity contribution in [2.75, 3.05) is 39.8 Å². The van der Waals surface area contributed by atoms with Crippen LogP contribution in [0.5, 0.6) is 0 Å². The molecule has 1 aromatic rings. The van der Waals surface area contributed by atoms with Crippen LogP contribution in [0.4, 0.5) is 0 Å². The summed E-state index contributed by atoms with van der Waals surface area (Å²) in [5.41, 5.74) is 0. The minimum absolute atomic E-state index is 0. The van der Waals surface area contributed by atoms with Crippen molar-refractivity contribution in [3.05, 3.63) is 11.6 Å². The maximum absolute atomic E-state index is 4.53. The topological polar surface area (TPSA) is 61.6 Å². The second kappa shape index (κ2) is 10.8. The predicted octanol–water partition coefficient (Wildman–Crippen LogP) is 2.30. The molecule has 28 heavy (non-hydrogen) atoms. The number of aryl methyl sites for hydroxylation is 2. The molecule has 4 heterocycles. The summed E-state index contributed by atoms with van der Waals surface area (Å²) in [6.07, 6.45) is 11.0. The Morgan fingerprint density at radius 2 is 1.89 bits per heavy atom. The summed E-state index contributed by atoms with van der Waals surface area (Å²) in [5.74, 6) is 3.42. The van der Waals surface area contributed by atoms with Gasteiger partial charge in [0, 0.05) is 52.1 Å². The molecule has 1 atom stereocenters. The average Bonchev–Trinajstić information content (AvgIpc) is 3.41. The highest BCUT2D eigenvalue weighted by molar-refractivity contribution is 14.0. The number of nitrogens with zero attached hydrogens (tertiary/aromatic N) is 6. The summed E-state index contributed by atoms with van der Waals surface area (Å²) in [7, 11) is 1.91. The molecular formula is C20H36IN7. The summed E-state index contributed by atoms with van der Waals surface area (Å²) >= 11 is 0. The van der Waals surface area contributed by atoms with Crippen molar-refractivity contribution in [3.63, 3.8) is 0 Å². The zero-order valence-corrected chi connectivity index (χ0v) is 19.6. The molecule has 0 saturated carbocycles. The SMILES string of the molecule is CN=C(NCCCc1nnc2n1CCCCC2)N1CCC(N2CCCC2)C1.I. The number of likely N-dealkylation sites (tertiary alicyclic amines) is 2. The Balaban J connectivity index is 0.00000225. The van der Waals surface area contributed by atoms with Crippen molar-refractivity contribution < 1.29 is 0 Å². The van der Waals surface area contributed by atoms with Crippen LogP contribution in [0.2, 0.25) is 0 Å². The first-order valence-electron chi connectivity index (χ1n) is 11.0. The van der Waals surface area contributed by atoms with E-state index >= 15 is 0 Å². The zero-order valence-electron chi connectivity index (χ0n) is 17.3. The first-order valence-corrected chi connectivity index (χ1v) is 11.0. The lowest BCUT2D eigenvalue weighted by Gasteiger charge is -2.25. The van der Waals surface area contributed by atoms with Gasteiger partial charge in [-0.3, -0.25) is 9.89 Å². The Morgan fingerprint density at radius 1 is 1.07 bits per heavy atom. The van der Waals surface area contributed by atoms with Crippen LogP contribution in [-0.2, 0) is 19.4 Å². The molecule has 8 heteroatoms. The van der Waals surface area contributed by atoms with Gasteiger partial charge in [-0.15, -0.1) is 34.2 Å². The molecule has 3 aliphatic heterocycles. The summed E-state index contributed by atoms with van der Waals surface area (Å²) in [6.45, 7) is 6.86. The van der Waals surface area contributed by atoms with E-state index in [-0.39, 0.29) is 24.0 Å². The standard InChI is InChI=1S/C20H35N7.HI/c1-21-20(26-15-10-17(16-26)25-12-5-6-13-25)22-11-7-9-19-24-23-18-8-3-2-4-14-27(18)19;/h17H,2-16H2,1H3,(H,21,22);1H. The van der Waals surface area contributed by atoms with Crippen LogP contribution in [-0.4, -0.2) is 76.3 Å². The molecular weight excluding hydrogens is 465 g/mol. The largest absolute Gasteiger partial charge is 0.356 e. The van der Waals surface area contributed by atoms with E-state index in [1.807, 2.05) is 7.05 Å². The average molecular weight is 501 g/mol. The molecule has 2 saturated heterocycles. The summed E-state index contributed by atoms with van der Waals surface area (Å²) in [4.78, 5) is 9.64. The number of aliphatic imine (C=N–C) groups is 1. The molecule has 7 nitrogen and oxygen atoms in total. The van der Waals surface area contributed by atoms with Crippen LogP contribution in [0, 0.1) is 0 Å².